The van der Waals surface area contributed by atoms with Gasteiger partial charge >= 0.3 is 5.97 Å². The molecule has 0 saturated heterocycles. The quantitative estimate of drug-likeness (QED) is 0.190. The van der Waals surface area contributed by atoms with Crippen molar-refractivity contribution in [2.75, 3.05) is 22.5 Å². The van der Waals surface area contributed by atoms with Crippen LogP contribution in [-0.2, 0) is 11.2 Å². The van der Waals surface area contributed by atoms with Crippen LogP contribution in [-0.4, -0.2) is 34.7 Å². The SMILES string of the molecule is CCCNc1c(NC(Cc2ccc(NC(=O)c3ccc(-c4ccc(O)cc4)cc3)cc2)C(=O)O)c(=O)c1=O. The summed E-state index contributed by atoms with van der Waals surface area (Å²) >= 11 is 0. The van der Waals surface area contributed by atoms with Crippen LogP contribution >= 0.6 is 0 Å². The molecule has 0 aromatic heterocycles. The minimum atomic E-state index is -1.16. The monoisotopic (exact) mass is 513 g/mol. The van der Waals surface area contributed by atoms with Crippen LogP contribution in [0.15, 0.2) is 82.4 Å². The lowest BCUT2D eigenvalue weighted by Gasteiger charge is -2.20. The highest BCUT2D eigenvalue weighted by atomic mass is 16.4. The summed E-state index contributed by atoms with van der Waals surface area (Å²) in [5, 5.41) is 27.5. The lowest BCUT2D eigenvalue weighted by atomic mass is 10.0. The van der Waals surface area contributed by atoms with Gasteiger partial charge in [0, 0.05) is 24.2 Å². The highest BCUT2D eigenvalue weighted by molar-refractivity contribution is 6.04. The van der Waals surface area contributed by atoms with Crippen LogP contribution in [0.1, 0.15) is 29.3 Å². The van der Waals surface area contributed by atoms with Crippen molar-refractivity contribution in [3.8, 4) is 16.9 Å². The van der Waals surface area contributed by atoms with Crippen LogP contribution in [0, 0.1) is 0 Å². The van der Waals surface area contributed by atoms with Crippen LogP contribution in [0.5, 0.6) is 5.75 Å². The fourth-order valence-electron chi connectivity index (χ4n) is 3.95. The number of nitrogens with one attached hydrogen (secondary N) is 3. The maximum absolute atomic E-state index is 12.7. The zero-order valence-electron chi connectivity index (χ0n) is 20.7. The number of hydrogen-bond acceptors (Lipinski definition) is 7. The molecule has 9 nitrogen and oxygen atoms in total. The molecule has 0 saturated carbocycles. The minimum absolute atomic E-state index is 0.00355. The lowest BCUT2D eigenvalue weighted by Crippen LogP contribution is -2.42. The fraction of sp³-hybridized carbons (Fsp3) is 0.172. The van der Waals surface area contributed by atoms with Crippen LogP contribution in [0.25, 0.3) is 11.1 Å². The van der Waals surface area contributed by atoms with Gasteiger partial charge in [-0.15, -0.1) is 0 Å². The van der Waals surface area contributed by atoms with Gasteiger partial charge in [-0.3, -0.25) is 14.4 Å². The zero-order chi connectivity index (χ0) is 27.2. The van der Waals surface area contributed by atoms with E-state index < -0.39 is 22.9 Å². The molecular weight excluding hydrogens is 486 g/mol. The highest BCUT2D eigenvalue weighted by Gasteiger charge is 2.26. The van der Waals surface area contributed by atoms with E-state index in [1.54, 1.807) is 60.7 Å². The van der Waals surface area contributed by atoms with Gasteiger partial charge in [0.1, 0.15) is 23.2 Å². The zero-order valence-corrected chi connectivity index (χ0v) is 20.7. The molecule has 1 unspecified atom stereocenters. The first-order valence-corrected chi connectivity index (χ1v) is 12.1. The molecule has 0 aliphatic heterocycles. The Balaban J connectivity index is 1.38. The largest absolute Gasteiger partial charge is 0.508 e. The molecule has 0 bridgehead atoms. The van der Waals surface area contributed by atoms with Crippen molar-refractivity contribution in [2.24, 2.45) is 0 Å². The average molecular weight is 514 g/mol. The van der Waals surface area contributed by atoms with Crippen molar-refractivity contribution in [3.63, 3.8) is 0 Å². The van der Waals surface area contributed by atoms with Gasteiger partial charge in [-0.2, -0.15) is 0 Å². The molecule has 1 amide bonds. The van der Waals surface area contributed by atoms with Crippen molar-refractivity contribution >= 4 is 28.9 Å². The molecule has 0 spiro atoms. The predicted octanol–water partition coefficient (Wildman–Crippen LogP) is 3.84. The summed E-state index contributed by atoms with van der Waals surface area (Å²) in [6, 6.07) is 19.4. The Kier molecular flexibility index (Phi) is 7.86. The second kappa shape index (κ2) is 11.4. The molecule has 4 aromatic rings. The average Bonchev–Trinajstić information content (AvgIpc) is 2.93. The predicted molar refractivity (Wildman–Crippen MR) is 147 cm³/mol. The second-order valence-electron chi connectivity index (χ2n) is 8.85. The molecule has 4 aromatic carbocycles. The second-order valence-corrected chi connectivity index (χ2v) is 8.85. The van der Waals surface area contributed by atoms with E-state index in [1.165, 1.54) is 0 Å². The molecule has 0 heterocycles. The molecule has 0 aliphatic carbocycles. The van der Waals surface area contributed by atoms with Gasteiger partial charge < -0.3 is 26.2 Å². The standard InChI is InChI=1S/C29H27N3O6/c1-2-15-30-24-25(27(35)26(24)34)32-23(29(37)38)16-17-3-11-21(12-4-17)31-28(36)20-7-5-18(6-8-20)19-9-13-22(33)14-10-19/h3-14,23,30,32-33H,2,15-16H2,1H3,(H,31,36)(H,37,38). The van der Waals surface area contributed by atoms with E-state index in [2.05, 4.69) is 16.0 Å². The lowest BCUT2D eigenvalue weighted by molar-refractivity contribution is -0.137. The van der Waals surface area contributed by atoms with Gasteiger partial charge in [0.2, 0.25) is 0 Å². The van der Waals surface area contributed by atoms with Gasteiger partial charge in [0.25, 0.3) is 16.8 Å². The third kappa shape index (κ3) is 5.89. The molecule has 4 rings (SSSR count). The van der Waals surface area contributed by atoms with E-state index in [-0.39, 0.29) is 29.5 Å². The van der Waals surface area contributed by atoms with E-state index in [0.717, 1.165) is 17.5 Å². The van der Waals surface area contributed by atoms with E-state index >= 15 is 0 Å². The Morgan fingerprint density at radius 2 is 1.39 bits per heavy atom. The van der Waals surface area contributed by atoms with E-state index in [9.17, 15) is 29.4 Å². The van der Waals surface area contributed by atoms with Gasteiger partial charge in [0.15, 0.2) is 0 Å². The van der Waals surface area contributed by atoms with Crippen molar-refractivity contribution < 1.29 is 19.8 Å². The maximum Gasteiger partial charge on any atom is 0.326 e. The van der Waals surface area contributed by atoms with Crippen LogP contribution in [0.2, 0.25) is 0 Å². The van der Waals surface area contributed by atoms with Crippen LogP contribution in [0.4, 0.5) is 17.1 Å². The number of aromatic hydroxyl groups is 1. The van der Waals surface area contributed by atoms with E-state index in [1.807, 2.05) is 19.1 Å². The number of carbonyl (C=O) groups is 2. The van der Waals surface area contributed by atoms with Crippen LogP contribution in [0.3, 0.4) is 0 Å². The number of benzene rings is 3. The van der Waals surface area contributed by atoms with Crippen molar-refractivity contribution in [3.05, 3.63) is 104 Å². The molecule has 0 fully saturated rings. The number of aliphatic carboxylic acids is 1. The Bertz CT molecular complexity index is 1500. The van der Waals surface area contributed by atoms with Crippen LogP contribution < -0.4 is 26.8 Å². The van der Waals surface area contributed by atoms with Crippen molar-refractivity contribution in [1.29, 1.82) is 0 Å². The molecule has 9 heteroatoms. The Morgan fingerprint density at radius 1 is 0.816 bits per heavy atom. The number of carboxylic acids is 1. The third-order valence-corrected chi connectivity index (χ3v) is 6.08. The van der Waals surface area contributed by atoms with Crippen molar-refractivity contribution in [2.45, 2.75) is 25.8 Å². The minimum Gasteiger partial charge on any atom is -0.508 e. The Labute approximate surface area is 218 Å². The Hall–Kier alpha value is -4.92. The summed E-state index contributed by atoms with van der Waals surface area (Å²) in [6.45, 7) is 2.40. The first-order valence-electron chi connectivity index (χ1n) is 12.1. The summed E-state index contributed by atoms with van der Waals surface area (Å²) < 4.78 is 0. The first-order chi connectivity index (χ1) is 18.3. The van der Waals surface area contributed by atoms with Gasteiger partial charge in [-0.25, -0.2) is 4.79 Å². The molecule has 5 N–H and O–H groups in total. The van der Waals surface area contributed by atoms with E-state index in [4.69, 9.17) is 0 Å². The van der Waals surface area contributed by atoms with Gasteiger partial charge in [0.05, 0.1) is 0 Å². The molecule has 0 radical (unpaired) electrons. The smallest absolute Gasteiger partial charge is 0.326 e. The number of rotatable bonds is 11. The number of phenols is 1. The first kappa shape index (κ1) is 26.2. The Morgan fingerprint density at radius 3 is 1.97 bits per heavy atom. The number of anilines is 3. The summed E-state index contributed by atoms with van der Waals surface area (Å²) in [5.74, 6) is -1.28. The molecule has 194 valence electrons. The number of phenolic OH excluding ortho intramolecular Hbond substituents is 1. The third-order valence-electron chi connectivity index (χ3n) is 6.08. The molecular formula is C29H27N3O6. The number of hydrogen-bond donors (Lipinski definition) is 5. The number of carboxylic acid groups (broad SMARTS) is 1. The summed E-state index contributed by atoms with van der Waals surface area (Å²) in [5.41, 5.74) is 2.23. The summed E-state index contributed by atoms with van der Waals surface area (Å²) in [6.07, 6.45) is 0.808. The summed E-state index contributed by atoms with van der Waals surface area (Å²) in [4.78, 5) is 48.3. The molecule has 0 aliphatic rings. The summed E-state index contributed by atoms with van der Waals surface area (Å²) in [7, 11) is 0. The topological polar surface area (TPSA) is 145 Å². The maximum atomic E-state index is 12.7. The number of carbonyl (C=O) groups excluding carboxylic acids is 1. The molecule has 1 atom stereocenters. The highest BCUT2D eigenvalue weighted by Crippen LogP contribution is 2.23. The van der Waals surface area contributed by atoms with E-state index in [0.29, 0.717) is 23.4 Å². The normalized spacial score (nSPS) is 11.6. The molecule has 38 heavy (non-hydrogen) atoms. The fourth-order valence-corrected chi connectivity index (χ4v) is 3.95. The van der Waals surface area contributed by atoms with Gasteiger partial charge in [-0.1, -0.05) is 43.3 Å². The van der Waals surface area contributed by atoms with Crippen molar-refractivity contribution in [1.82, 2.24) is 0 Å². The number of amides is 1. The van der Waals surface area contributed by atoms with Gasteiger partial charge in [-0.05, 0) is 59.5 Å².